The van der Waals surface area contributed by atoms with E-state index in [1.54, 1.807) is 54.7 Å². The third kappa shape index (κ3) is 4.15. The van der Waals surface area contributed by atoms with Crippen molar-refractivity contribution < 1.29 is 19.1 Å². The molecule has 1 aromatic carbocycles. The highest BCUT2D eigenvalue weighted by molar-refractivity contribution is 5.89. The molecule has 0 unspecified atom stereocenters. The number of ether oxygens (including phenoxy) is 2. The summed E-state index contributed by atoms with van der Waals surface area (Å²) in [5.74, 6) is 0.788. The molecule has 9 heteroatoms. The lowest BCUT2D eigenvalue weighted by molar-refractivity contribution is 0.0310. The van der Waals surface area contributed by atoms with E-state index in [4.69, 9.17) is 9.47 Å². The van der Waals surface area contributed by atoms with E-state index in [0.29, 0.717) is 36.2 Å². The molecule has 1 saturated carbocycles. The molecular formula is C21H29N5O4. The molecule has 0 radical (unpaired) electrons. The SMILES string of the molecule is CCOC(=O)c1ccc(-n2nnnc2C2(N(C)C(=O)OCC)CCC(C)CC2)cc1. The van der Waals surface area contributed by atoms with Crippen LogP contribution in [0, 0.1) is 5.92 Å². The summed E-state index contributed by atoms with van der Waals surface area (Å²) in [6.45, 7) is 6.39. The van der Waals surface area contributed by atoms with Gasteiger partial charge in [0.15, 0.2) is 5.82 Å². The van der Waals surface area contributed by atoms with Crippen molar-refractivity contribution in [1.29, 1.82) is 0 Å². The molecule has 1 aliphatic rings. The van der Waals surface area contributed by atoms with Crippen molar-refractivity contribution in [3.63, 3.8) is 0 Å². The van der Waals surface area contributed by atoms with E-state index in [1.165, 1.54) is 0 Å². The third-order valence-corrected chi connectivity index (χ3v) is 5.79. The number of esters is 1. The lowest BCUT2D eigenvalue weighted by Crippen LogP contribution is -2.51. The lowest BCUT2D eigenvalue weighted by atomic mass is 9.75. The minimum absolute atomic E-state index is 0.302. The number of tetrazole rings is 1. The number of benzene rings is 1. The van der Waals surface area contributed by atoms with Gasteiger partial charge in [-0.2, -0.15) is 4.68 Å². The average molecular weight is 415 g/mol. The Bertz CT molecular complexity index is 872. The second kappa shape index (κ2) is 9.23. The third-order valence-electron chi connectivity index (χ3n) is 5.79. The van der Waals surface area contributed by atoms with Crippen LogP contribution in [0.15, 0.2) is 24.3 Å². The van der Waals surface area contributed by atoms with Crippen molar-refractivity contribution in [3.05, 3.63) is 35.7 Å². The number of hydrogen-bond donors (Lipinski definition) is 0. The van der Waals surface area contributed by atoms with Gasteiger partial charge in [0, 0.05) is 7.05 Å². The number of rotatable bonds is 6. The van der Waals surface area contributed by atoms with Crippen LogP contribution in [-0.4, -0.2) is 57.4 Å². The molecule has 0 N–H and O–H groups in total. The minimum atomic E-state index is -0.665. The summed E-state index contributed by atoms with van der Waals surface area (Å²) in [4.78, 5) is 26.2. The fourth-order valence-corrected chi connectivity index (χ4v) is 3.95. The molecule has 1 heterocycles. The van der Waals surface area contributed by atoms with Gasteiger partial charge in [0.05, 0.1) is 24.5 Å². The molecule has 1 amide bonds. The Morgan fingerprint density at radius 1 is 1.13 bits per heavy atom. The van der Waals surface area contributed by atoms with Gasteiger partial charge in [-0.05, 0) is 80.1 Å². The van der Waals surface area contributed by atoms with Gasteiger partial charge < -0.3 is 9.47 Å². The molecule has 1 fully saturated rings. The molecule has 2 aromatic rings. The van der Waals surface area contributed by atoms with E-state index < -0.39 is 5.54 Å². The number of hydrogen-bond acceptors (Lipinski definition) is 7. The highest BCUT2D eigenvalue weighted by atomic mass is 16.6. The lowest BCUT2D eigenvalue weighted by Gasteiger charge is -2.44. The summed E-state index contributed by atoms with van der Waals surface area (Å²) in [5, 5.41) is 12.4. The predicted octanol–water partition coefficient (Wildman–Crippen LogP) is 3.33. The van der Waals surface area contributed by atoms with Gasteiger partial charge in [0.2, 0.25) is 0 Å². The first-order chi connectivity index (χ1) is 14.4. The Hall–Kier alpha value is -2.97. The summed E-state index contributed by atoms with van der Waals surface area (Å²) in [5.41, 5.74) is 0.501. The van der Waals surface area contributed by atoms with Gasteiger partial charge in [0.25, 0.3) is 0 Å². The fourth-order valence-electron chi connectivity index (χ4n) is 3.95. The molecule has 0 aliphatic heterocycles. The van der Waals surface area contributed by atoms with Gasteiger partial charge in [-0.3, -0.25) is 4.90 Å². The largest absolute Gasteiger partial charge is 0.462 e. The van der Waals surface area contributed by atoms with Crippen molar-refractivity contribution in [2.45, 2.75) is 52.0 Å². The number of carbonyl (C=O) groups is 2. The van der Waals surface area contributed by atoms with Crippen LogP contribution in [0.4, 0.5) is 4.79 Å². The summed E-state index contributed by atoms with van der Waals surface area (Å²) in [7, 11) is 1.75. The fraction of sp³-hybridized carbons (Fsp3) is 0.571. The van der Waals surface area contributed by atoms with E-state index in [9.17, 15) is 9.59 Å². The summed E-state index contributed by atoms with van der Waals surface area (Å²) in [6.07, 6.45) is 3.01. The van der Waals surface area contributed by atoms with Crippen LogP contribution in [0.25, 0.3) is 5.69 Å². The zero-order valence-electron chi connectivity index (χ0n) is 18.0. The quantitative estimate of drug-likeness (QED) is 0.667. The van der Waals surface area contributed by atoms with Crippen LogP contribution >= 0.6 is 0 Å². The van der Waals surface area contributed by atoms with Crippen molar-refractivity contribution in [3.8, 4) is 5.69 Å². The van der Waals surface area contributed by atoms with Gasteiger partial charge in [-0.1, -0.05) is 6.92 Å². The summed E-state index contributed by atoms with van der Waals surface area (Å²) in [6, 6.07) is 6.91. The van der Waals surface area contributed by atoms with Gasteiger partial charge in [-0.25, -0.2) is 9.59 Å². The van der Waals surface area contributed by atoms with Crippen LogP contribution in [0.2, 0.25) is 0 Å². The van der Waals surface area contributed by atoms with Crippen LogP contribution in [0.5, 0.6) is 0 Å². The molecular weight excluding hydrogens is 386 g/mol. The Labute approximate surface area is 176 Å². The Balaban J connectivity index is 1.98. The predicted molar refractivity (Wildman–Crippen MR) is 109 cm³/mol. The second-order valence-electron chi connectivity index (χ2n) is 7.65. The van der Waals surface area contributed by atoms with Crippen LogP contribution in [-0.2, 0) is 15.0 Å². The first kappa shape index (κ1) is 21.7. The molecule has 0 saturated heterocycles. The van der Waals surface area contributed by atoms with E-state index in [-0.39, 0.29) is 12.1 Å². The van der Waals surface area contributed by atoms with E-state index >= 15 is 0 Å². The van der Waals surface area contributed by atoms with E-state index in [0.717, 1.165) is 25.7 Å². The van der Waals surface area contributed by atoms with Gasteiger partial charge in [-0.15, -0.1) is 5.10 Å². The Morgan fingerprint density at radius 3 is 2.37 bits per heavy atom. The number of carbonyl (C=O) groups excluding carboxylic acids is 2. The molecule has 3 rings (SSSR count). The molecule has 0 bridgehead atoms. The molecule has 30 heavy (non-hydrogen) atoms. The van der Waals surface area contributed by atoms with Crippen molar-refractivity contribution in [2.75, 3.05) is 20.3 Å². The minimum Gasteiger partial charge on any atom is -0.462 e. The average Bonchev–Trinajstić information content (AvgIpc) is 3.25. The van der Waals surface area contributed by atoms with Crippen molar-refractivity contribution in [2.24, 2.45) is 5.92 Å². The normalized spacial score (nSPS) is 21.1. The Morgan fingerprint density at radius 2 is 1.77 bits per heavy atom. The molecule has 9 nitrogen and oxygen atoms in total. The van der Waals surface area contributed by atoms with Gasteiger partial charge >= 0.3 is 12.1 Å². The monoisotopic (exact) mass is 415 g/mol. The van der Waals surface area contributed by atoms with Crippen LogP contribution in [0.1, 0.15) is 62.6 Å². The molecule has 1 aromatic heterocycles. The van der Waals surface area contributed by atoms with Gasteiger partial charge in [0.1, 0.15) is 5.54 Å². The summed E-state index contributed by atoms with van der Waals surface area (Å²) >= 11 is 0. The highest BCUT2D eigenvalue weighted by Crippen LogP contribution is 2.43. The van der Waals surface area contributed by atoms with Crippen LogP contribution < -0.4 is 0 Å². The first-order valence-electron chi connectivity index (χ1n) is 10.4. The number of nitrogens with zero attached hydrogens (tertiary/aromatic N) is 5. The number of aromatic nitrogens is 4. The topological polar surface area (TPSA) is 99.4 Å². The maximum Gasteiger partial charge on any atom is 0.410 e. The van der Waals surface area contributed by atoms with E-state index in [1.807, 2.05) is 0 Å². The second-order valence-corrected chi connectivity index (χ2v) is 7.65. The van der Waals surface area contributed by atoms with Crippen molar-refractivity contribution >= 4 is 12.1 Å². The zero-order chi connectivity index (χ0) is 21.7. The number of amides is 1. The first-order valence-corrected chi connectivity index (χ1v) is 10.4. The van der Waals surface area contributed by atoms with Crippen molar-refractivity contribution in [1.82, 2.24) is 25.1 Å². The maximum absolute atomic E-state index is 12.6. The van der Waals surface area contributed by atoms with Crippen LogP contribution in [0.3, 0.4) is 0 Å². The molecule has 0 spiro atoms. The van der Waals surface area contributed by atoms with E-state index in [2.05, 4.69) is 22.4 Å². The highest BCUT2D eigenvalue weighted by Gasteiger charge is 2.46. The molecule has 0 atom stereocenters. The smallest absolute Gasteiger partial charge is 0.410 e. The maximum atomic E-state index is 12.6. The Kier molecular flexibility index (Phi) is 6.69. The zero-order valence-corrected chi connectivity index (χ0v) is 18.0. The molecule has 162 valence electrons. The molecule has 1 aliphatic carbocycles. The standard InChI is InChI=1S/C21H29N5O4/c1-5-29-18(27)16-7-9-17(10-8-16)26-19(22-23-24-26)21(13-11-15(3)12-14-21)25(4)20(28)30-6-2/h7-10,15H,5-6,11-14H2,1-4H3. The summed E-state index contributed by atoms with van der Waals surface area (Å²) < 4.78 is 12.0.